The van der Waals surface area contributed by atoms with Crippen molar-refractivity contribution >= 4 is 51.8 Å². The summed E-state index contributed by atoms with van der Waals surface area (Å²) in [6.45, 7) is 3.52. The molecule has 224 valence electrons. The molecule has 10 heteroatoms. The zero-order valence-corrected chi connectivity index (χ0v) is 25.5. The monoisotopic (exact) mass is 622 g/mol. The Bertz CT molecular complexity index is 1690. The molecule has 3 heterocycles. The lowest BCUT2D eigenvalue weighted by molar-refractivity contribution is -0.121. The van der Waals surface area contributed by atoms with Gasteiger partial charge in [-0.05, 0) is 67.4 Å². The van der Waals surface area contributed by atoms with Gasteiger partial charge in [-0.2, -0.15) is 0 Å². The zero-order valence-electron chi connectivity index (χ0n) is 24.0. The van der Waals surface area contributed by atoms with E-state index in [-0.39, 0.29) is 22.9 Å². The smallest absolute Gasteiger partial charge is 0.337 e. The van der Waals surface area contributed by atoms with Crippen LogP contribution in [-0.4, -0.2) is 52.1 Å². The van der Waals surface area contributed by atoms with Crippen LogP contribution < -0.4 is 5.32 Å². The number of halogens is 3. The van der Waals surface area contributed by atoms with Crippen LogP contribution in [0.25, 0.3) is 11.0 Å². The van der Waals surface area contributed by atoms with Gasteiger partial charge in [-0.25, -0.2) is 14.2 Å². The predicted octanol–water partition coefficient (Wildman–Crippen LogP) is 7.42. The van der Waals surface area contributed by atoms with Crippen LogP contribution in [0.1, 0.15) is 66.2 Å². The number of unbranched alkanes of at least 4 members (excludes halogenated alkanes) is 2. The summed E-state index contributed by atoms with van der Waals surface area (Å²) in [6, 6.07) is 16.6. The standard InChI is InChI=1S/C33H33Cl2FN4O3/c1-3-4-5-15-39-26-14-16-40-25-13-12-19(33(42)43-2)17-24(25)38-31(40)28(26)27(22-10-7-11-23(35)29(22)36)30(39)32(41)37-21-9-6-8-20(34)18-21/h6-13,17-18,26-28,30H,3-5,14-16H2,1-2H3,(H,37,41)/t26-,27-,28+,30+/m0/s1. The first-order valence-corrected chi connectivity index (χ1v) is 15.4. The number of aromatic nitrogens is 2. The number of methoxy groups -OCH3 is 1. The van der Waals surface area contributed by atoms with Crippen molar-refractivity contribution in [1.29, 1.82) is 0 Å². The number of carbonyl (C=O) groups is 2. The number of benzene rings is 3. The number of anilines is 1. The van der Waals surface area contributed by atoms with Gasteiger partial charge in [0.2, 0.25) is 5.91 Å². The number of rotatable bonds is 8. The van der Waals surface area contributed by atoms with Crippen LogP contribution in [0.5, 0.6) is 0 Å². The predicted molar refractivity (Wildman–Crippen MR) is 166 cm³/mol. The number of amides is 1. The molecule has 43 heavy (non-hydrogen) atoms. The molecule has 0 radical (unpaired) electrons. The molecule has 0 spiro atoms. The second kappa shape index (κ2) is 12.3. The highest BCUT2D eigenvalue weighted by Gasteiger charge is 2.56. The SMILES string of the molecule is CCCCCN1[C@H]2CCn3c(nc4cc(C(=O)OC)ccc43)[C@H]2[C@H](c2cccc(Cl)c2F)[C@@H]1C(=O)Nc1cccc(Cl)c1. The molecule has 1 saturated heterocycles. The molecular weight excluding hydrogens is 590 g/mol. The maximum Gasteiger partial charge on any atom is 0.337 e. The molecule has 4 aromatic rings. The summed E-state index contributed by atoms with van der Waals surface area (Å²) in [5.41, 5.74) is 2.92. The van der Waals surface area contributed by atoms with E-state index >= 15 is 4.39 Å². The summed E-state index contributed by atoms with van der Waals surface area (Å²) >= 11 is 12.6. The van der Waals surface area contributed by atoms with Crippen LogP contribution in [0.15, 0.2) is 60.7 Å². The summed E-state index contributed by atoms with van der Waals surface area (Å²) in [6.07, 6.45) is 3.71. The quantitative estimate of drug-likeness (QED) is 0.163. The third-order valence-electron chi connectivity index (χ3n) is 8.79. The van der Waals surface area contributed by atoms with E-state index in [0.717, 1.165) is 37.0 Å². The first-order chi connectivity index (χ1) is 20.8. The fourth-order valence-corrected chi connectivity index (χ4v) is 7.34. The van der Waals surface area contributed by atoms with Crippen molar-refractivity contribution in [2.75, 3.05) is 19.0 Å². The number of carbonyl (C=O) groups excluding carboxylic acids is 2. The highest BCUT2D eigenvalue weighted by molar-refractivity contribution is 6.31. The largest absolute Gasteiger partial charge is 0.465 e. The summed E-state index contributed by atoms with van der Waals surface area (Å²) in [4.78, 5) is 33.9. The summed E-state index contributed by atoms with van der Waals surface area (Å²) in [5.74, 6) is -1.28. The Kier molecular flexibility index (Phi) is 8.45. The number of nitrogens with one attached hydrogen (secondary N) is 1. The minimum atomic E-state index is -0.684. The molecule has 1 N–H and O–H groups in total. The van der Waals surface area contributed by atoms with Gasteiger partial charge < -0.3 is 14.6 Å². The lowest BCUT2D eigenvalue weighted by atomic mass is 9.78. The van der Waals surface area contributed by atoms with Gasteiger partial charge in [-0.15, -0.1) is 0 Å². The van der Waals surface area contributed by atoms with Crippen LogP contribution in [0.3, 0.4) is 0 Å². The van der Waals surface area contributed by atoms with E-state index in [2.05, 4.69) is 21.7 Å². The van der Waals surface area contributed by atoms with Gasteiger partial charge >= 0.3 is 5.97 Å². The van der Waals surface area contributed by atoms with Gasteiger partial charge in [-0.3, -0.25) is 9.69 Å². The Labute approximate surface area is 259 Å². The molecular formula is C33H33Cl2FN4O3. The normalized spacial score (nSPS) is 21.4. The Balaban J connectivity index is 1.51. The number of hydrogen-bond donors (Lipinski definition) is 1. The van der Waals surface area contributed by atoms with Crippen molar-refractivity contribution in [3.63, 3.8) is 0 Å². The molecule has 4 atom stereocenters. The van der Waals surface area contributed by atoms with Crippen LogP contribution in [0.4, 0.5) is 10.1 Å². The van der Waals surface area contributed by atoms with Gasteiger partial charge in [0.25, 0.3) is 0 Å². The Morgan fingerprint density at radius 3 is 2.65 bits per heavy atom. The number of imidazole rings is 1. The van der Waals surface area contributed by atoms with Crippen LogP contribution in [-0.2, 0) is 16.1 Å². The average Bonchev–Trinajstić information content (AvgIpc) is 3.53. The van der Waals surface area contributed by atoms with E-state index in [9.17, 15) is 9.59 Å². The van der Waals surface area contributed by atoms with Gasteiger partial charge in [0.15, 0.2) is 0 Å². The lowest BCUT2D eigenvalue weighted by Gasteiger charge is -2.34. The highest BCUT2D eigenvalue weighted by Crippen LogP contribution is 2.52. The Hall–Kier alpha value is -3.46. The van der Waals surface area contributed by atoms with Crippen molar-refractivity contribution in [3.8, 4) is 0 Å². The topological polar surface area (TPSA) is 76.5 Å². The van der Waals surface area contributed by atoms with Crippen molar-refractivity contribution in [2.24, 2.45) is 0 Å². The van der Waals surface area contributed by atoms with E-state index in [4.69, 9.17) is 32.9 Å². The number of hydrogen-bond acceptors (Lipinski definition) is 5. The van der Waals surface area contributed by atoms with E-state index in [1.54, 1.807) is 48.5 Å². The first kappa shape index (κ1) is 29.6. The van der Waals surface area contributed by atoms with E-state index in [1.165, 1.54) is 13.2 Å². The molecule has 7 nitrogen and oxygen atoms in total. The Morgan fingerprint density at radius 1 is 1.07 bits per heavy atom. The number of esters is 1. The minimum Gasteiger partial charge on any atom is -0.465 e. The fraction of sp³-hybridized carbons (Fsp3) is 0.364. The summed E-state index contributed by atoms with van der Waals surface area (Å²) in [7, 11) is 1.35. The molecule has 0 aliphatic carbocycles. The van der Waals surface area contributed by atoms with Gasteiger partial charge in [0.1, 0.15) is 11.6 Å². The molecule has 1 amide bonds. The third-order valence-corrected chi connectivity index (χ3v) is 9.32. The summed E-state index contributed by atoms with van der Waals surface area (Å²) in [5, 5.41) is 3.59. The number of nitrogens with zero attached hydrogens (tertiary/aromatic N) is 3. The molecule has 3 aromatic carbocycles. The molecule has 1 fully saturated rings. The summed E-state index contributed by atoms with van der Waals surface area (Å²) < 4.78 is 23.0. The van der Waals surface area contributed by atoms with Gasteiger partial charge in [-0.1, -0.05) is 61.2 Å². The van der Waals surface area contributed by atoms with Crippen LogP contribution in [0.2, 0.25) is 10.0 Å². The van der Waals surface area contributed by atoms with Crippen LogP contribution in [0, 0.1) is 5.82 Å². The fourth-order valence-electron chi connectivity index (χ4n) is 6.96. The first-order valence-electron chi connectivity index (χ1n) is 14.7. The number of likely N-dealkylation sites (tertiary alicyclic amines) is 1. The maximum absolute atomic E-state index is 15.9. The zero-order chi connectivity index (χ0) is 30.2. The molecule has 0 bridgehead atoms. The van der Waals surface area contributed by atoms with Crippen LogP contribution >= 0.6 is 23.2 Å². The van der Waals surface area contributed by atoms with Gasteiger partial charge in [0.05, 0.1) is 34.8 Å². The third kappa shape index (κ3) is 5.41. The minimum absolute atomic E-state index is 0.0134. The van der Waals surface area contributed by atoms with Crippen molar-refractivity contribution in [2.45, 2.75) is 63.1 Å². The van der Waals surface area contributed by atoms with Gasteiger partial charge in [0, 0.05) is 35.1 Å². The Morgan fingerprint density at radius 2 is 1.88 bits per heavy atom. The number of fused-ring (bicyclic) bond motifs is 5. The van der Waals surface area contributed by atoms with E-state index < -0.39 is 23.7 Å². The average molecular weight is 624 g/mol. The molecule has 2 aliphatic rings. The molecule has 0 saturated carbocycles. The highest BCUT2D eigenvalue weighted by atomic mass is 35.5. The molecule has 6 rings (SSSR count). The van der Waals surface area contributed by atoms with Crippen molar-refractivity contribution in [1.82, 2.24) is 14.5 Å². The van der Waals surface area contributed by atoms with Crippen molar-refractivity contribution in [3.05, 3.63) is 93.5 Å². The second-order valence-corrected chi connectivity index (χ2v) is 12.1. The number of ether oxygens (including phenoxy) is 1. The van der Waals surface area contributed by atoms with E-state index in [1.807, 2.05) is 6.07 Å². The maximum atomic E-state index is 15.9. The van der Waals surface area contributed by atoms with E-state index in [0.29, 0.717) is 40.4 Å². The second-order valence-electron chi connectivity index (χ2n) is 11.3. The molecule has 0 unspecified atom stereocenters. The molecule has 1 aromatic heterocycles. The molecule has 2 aliphatic heterocycles. The van der Waals surface area contributed by atoms with Crippen molar-refractivity contribution < 1.29 is 18.7 Å². The number of aryl methyl sites for hydroxylation is 1. The lowest BCUT2D eigenvalue weighted by Crippen LogP contribution is -2.46.